The number of rotatable bonds is 12. The first-order chi connectivity index (χ1) is 18.2. The Bertz CT molecular complexity index is 1150. The van der Waals surface area contributed by atoms with Crippen LogP contribution in [0.1, 0.15) is 37.0 Å². The zero-order valence-electron chi connectivity index (χ0n) is 22.2. The number of pyridine rings is 1. The number of allylic oxidation sites excluding steroid dienone is 1. The molecule has 2 aromatic rings. The van der Waals surface area contributed by atoms with Crippen LogP contribution in [0.4, 0.5) is 27.8 Å². The lowest BCUT2D eigenvalue weighted by molar-refractivity contribution is 0.0958. The molecule has 1 aliphatic rings. The molecule has 12 heteroatoms. The maximum absolute atomic E-state index is 13.7. The molecular formula is C26H37FN10O. The fraction of sp³-hybridized carbons (Fsp3) is 0.423. The third-order valence-electron chi connectivity index (χ3n) is 5.77. The Labute approximate surface area is 222 Å². The number of carbonyl (C=O) groups excluding carboxylic acids is 1. The Morgan fingerprint density at radius 3 is 2.79 bits per heavy atom. The Balaban J connectivity index is 1.85. The third-order valence-corrected chi connectivity index (χ3v) is 5.77. The minimum absolute atomic E-state index is 0.0318. The second kappa shape index (κ2) is 13.5. The molecule has 0 saturated carbocycles. The third kappa shape index (κ3) is 8.51. The van der Waals surface area contributed by atoms with Crippen molar-refractivity contribution in [2.45, 2.75) is 38.4 Å². The maximum Gasteiger partial charge on any atom is 0.256 e. The summed E-state index contributed by atoms with van der Waals surface area (Å²) < 4.78 is 13.7. The number of hydrogen-bond donors (Lipinski definition) is 5. The molecule has 0 unspecified atom stereocenters. The number of piperidine rings is 1. The molecule has 11 nitrogen and oxygen atoms in total. The highest BCUT2D eigenvalue weighted by atomic mass is 19.1. The number of alkyl halides is 1. The van der Waals surface area contributed by atoms with Crippen molar-refractivity contribution >= 4 is 35.5 Å². The first kappa shape index (κ1) is 28.5. The second-order valence-electron chi connectivity index (χ2n) is 9.49. The Kier molecular flexibility index (Phi) is 10.1. The van der Waals surface area contributed by atoms with Gasteiger partial charge in [-0.1, -0.05) is 12.1 Å². The number of aliphatic imine (C=N–C) groups is 1. The molecule has 6 N–H and O–H groups in total. The molecule has 0 aliphatic carbocycles. The zero-order chi connectivity index (χ0) is 27.5. The molecule has 1 amide bonds. The van der Waals surface area contributed by atoms with Crippen LogP contribution in [0.5, 0.6) is 0 Å². The van der Waals surface area contributed by atoms with Crippen molar-refractivity contribution in [1.82, 2.24) is 25.6 Å². The fourth-order valence-electron chi connectivity index (χ4n) is 3.76. The first-order valence-corrected chi connectivity index (χ1v) is 12.5. The Morgan fingerprint density at radius 2 is 2.11 bits per heavy atom. The highest BCUT2D eigenvalue weighted by molar-refractivity contribution is 5.99. The minimum atomic E-state index is -1.45. The summed E-state index contributed by atoms with van der Waals surface area (Å²) in [7, 11) is 2.04. The number of aromatic nitrogens is 3. The van der Waals surface area contributed by atoms with Gasteiger partial charge in [0.25, 0.3) is 5.91 Å². The first-order valence-electron chi connectivity index (χ1n) is 12.5. The van der Waals surface area contributed by atoms with E-state index in [2.05, 4.69) is 47.7 Å². The van der Waals surface area contributed by atoms with Gasteiger partial charge < -0.3 is 31.9 Å². The summed E-state index contributed by atoms with van der Waals surface area (Å²) in [6, 6.07) is 6.05. The number of amides is 1. The van der Waals surface area contributed by atoms with E-state index in [9.17, 15) is 9.18 Å². The second-order valence-corrected chi connectivity index (χ2v) is 9.49. The van der Waals surface area contributed by atoms with E-state index in [4.69, 9.17) is 10.7 Å². The van der Waals surface area contributed by atoms with Crippen molar-refractivity contribution in [3.05, 3.63) is 54.5 Å². The molecule has 0 bridgehead atoms. The van der Waals surface area contributed by atoms with Gasteiger partial charge in [-0.05, 0) is 51.9 Å². The van der Waals surface area contributed by atoms with Gasteiger partial charge in [0.05, 0.1) is 12.2 Å². The molecule has 0 radical (unpaired) electrons. The summed E-state index contributed by atoms with van der Waals surface area (Å²) in [5.41, 5.74) is 4.84. The van der Waals surface area contributed by atoms with Crippen LogP contribution in [-0.4, -0.2) is 72.0 Å². The zero-order valence-corrected chi connectivity index (χ0v) is 22.2. The monoisotopic (exact) mass is 524 g/mol. The lowest BCUT2D eigenvalue weighted by Crippen LogP contribution is -2.41. The molecule has 1 aliphatic heterocycles. The van der Waals surface area contributed by atoms with Crippen LogP contribution in [0.3, 0.4) is 0 Å². The molecule has 0 spiro atoms. The van der Waals surface area contributed by atoms with Crippen LogP contribution in [0.2, 0.25) is 0 Å². The quantitative estimate of drug-likeness (QED) is 0.209. The van der Waals surface area contributed by atoms with Crippen LogP contribution in [0.25, 0.3) is 0 Å². The van der Waals surface area contributed by atoms with Gasteiger partial charge in [-0.15, -0.1) is 6.58 Å². The largest absolute Gasteiger partial charge is 0.403 e. The smallest absolute Gasteiger partial charge is 0.256 e. The van der Waals surface area contributed by atoms with Crippen molar-refractivity contribution in [2.24, 2.45) is 10.7 Å². The number of anilines is 4. The summed E-state index contributed by atoms with van der Waals surface area (Å²) in [5, 5.41) is 12.2. The molecule has 3 heterocycles. The van der Waals surface area contributed by atoms with Crippen molar-refractivity contribution < 1.29 is 9.18 Å². The highest BCUT2D eigenvalue weighted by Crippen LogP contribution is 2.23. The molecule has 3 rings (SSSR count). The average Bonchev–Trinajstić information content (AvgIpc) is 2.91. The molecular weight excluding hydrogens is 487 g/mol. The van der Waals surface area contributed by atoms with Gasteiger partial charge in [0.15, 0.2) is 0 Å². The standard InChI is InChI=1S/C26H37FN10O/c1-5-11-31-24(38)20-16-32-25(33-18(14-28)15-30-17-26(2,3)27)36-23(20)35-21-7-6-8-22(34-21)37(4)19-9-12-29-13-10-19/h5-8,14-16,19,29H,1,9-13,17,28H2,2-4H3,(H,31,38)(H2,32,33,34,35,36)/b18-14+,30-15?. The normalized spacial score (nSPS) is 14.8. The Morgan fingerprint density at radius 1 is 1.34 bits per heavy atom. The predicted molar refractivity (Wildman–Crippen MR) is 151 cm³/mol. The maximum atomic E-state index is 13.7. The van der Waals surface area contributed by atoms with Gasteiger partial charge in [-0.25, -0.2) is 14.4 Å². The van der Waals surface area contributed by atoms with Gasteiger partial charge in [0, 0.05) is 38.2 Å². The van der Waals surface area contributed by atoms with Crippen molar-refractivity contribution in [1.29, 1.82) is 0 Å². The van der Waals surface area contributed by atoms with Gasteiger partial charge >= 0.3 is 0 Å². The number of halogens is 1. The number of nitrogens with two attached hydrogens (primary N) is 1. The molecule has 1 fully saturated rings. The highest BCUT2D eigenvalue weighted by Gasteiger charge is 2.20. The predicted octanol–water partition coefficient (Wildman–Crippen LogP) is 2.75. The summed E-state index contributed by atoms with van der Waals surface area (Å²) in [5.74, 6) is 1.37. The van der Waals surface area contributed by atoms with E-state index in [0.717, 1.165) is 31.7 Å². The molecule has 0 atom stereocenters. The van der Waals surface area contributed by atoms with E-state index < -0.39 is 5.67 Å². The van der Waals surface area contributed by atoms with E-state index in [1.54, 1.807) is 12.1 Å². The summed E-state index contributed by atoms with van der Waals surface area (Å²) in [6.07, 6.45) is 7.74. The minimum Gasteiger partial charge on any atom is -0.403 e. The Hall–Kier alpha value is -4.06. The van der Waals surface area contributed by atoms with E-state index in [1.807, 2.05) is 19.2 Å². The van der Waals surface area contributed by atoms with E-state index in [1.165, 1.54) is 32.5 Å². The van der Waals surface area contributed by atoms with Gasteiger partial charge in [-0.3, -0.25) is 9.79 Å². The van der Waals surface area contributed by atoms with Crippen LogP contribution < -0.4 is 31.9 Å². The van der Waals surface area contributed by atoms with Crippen LogP contribution in [0, 0.1) is 0 Å². The number of carbonyl (C=O) groups is 1. The summed E-state index contributed by atoms with van der Waals surface area (Å²) in [4.78, 5) is 32.5. The molecule has 0 aromatic carbocycles. The van der Waals surface area contributed by atoms with Crippen molar-refractivity contribution in [2.75, 3.05) is 48.8 Å². The summed E-state index contributed by atoms with van der Waals surface area (Å²) >= 11 is 0. The molecule has 38 heavy (non-hydrogen) atoms. The van der Waals surface area contributed by atoms with Crippen LogP contribution in [0.15, 0.2) is 53.9 Å². The van der Waals surface area contributed by atoms with Crippen LogP contribution in [-0.2, 0) is 0 Å². The molecule has 1 saturated heterocycles. The van der Waals surface area contributed by atoms with E-state index in [-0.39, 0.29) is 36.3 Å². The average molecular weight is 525 g/mol. The van der Waals surface area contributed by atoms with Crippen molar-refractivity contribution in [3.8, 4) is 0 Å². The van der Waals surface area contributed by atoms with Gasteiger partial charge in [-0.2, -0.15) is 4.98 Å². The number of nitrogens with zero attached hydrogens (tertiary/aromatic N) is 5. The van der Waals surface area contributed by atoms with Crippen LogP contribution >= 0.6 is 0 Å². The number of hydrogen-bond acceptors (Lipinski definition) is 10. The van der Waals surface area contributed by atoms with Gasteiger partial charge in [0.1, 0.15) is 28.7 Å². The van der Waals surface area contributed by atoms with E-state index in [0.29, 0.717) is 17.6 Å². The number of nitrogens with one attached hydrogen (secondary N) is 4. The van der Waals surface area contributed by atoms with E-state index >= 15 is 0 Å². The molecule has 2 aromatic heterocycles. The lowest BCUT2D eigenvalue weighted by atomic mass is 10.1. The summed E-state index contributed by atoms with van der Waals surface area (Å²) in [6.45, 7) is 8.71. The SMILES string of the molecule is C=CCNC(=O)c1cnc(N/C(C=NCC(C)(C)F)=C/N)nc1Nc1cccc(N(C)C2CCNCC2)n1. The fourth-order valence-corrected chi connectivity index (χ4v) is 3.76. The lowest BCUT2D eigenvalue weighted by Gasteiger charge is -2.32. The van der Waals surface area contributed by atoms with Crippen molar-refractivity contribution in [3.63, 3.8) is 0 Å². The molecule has 204 valence electrons. The topological polar surface area (TPSA) is 145 Å². The van der Waals surface area contributed by atoms with Gasteiger partial charge in [0.2, 0.25) is 5.95 Å².